The zero-order valence-electron chi connectivity index (χ0n) is 16.1. The van der Waals surface area contributed by atoms with E-state index < -0.39 is 0 Å². The van der Waals surface area contributed by atoms with Crippen LogP contribution in [0.25, 0.3) is 0 Å². The van der Waals surface area contributed by atoms with Crippen LogP contribution in [-0.4, -0.2) is 41.5 Å². The largest absolute Gasteiger partial charge is 0.342 e. The second kappa shape index (κ2) is 7.32. The molecule has 1 saturated carbocycles. The summed E-state index contributed by atoms with van der Waals surface area (Å²) in [6, 6.07) is -0.0551. The molecule has 2 atom stereocenters. The highest BCUT2D eigenvalue weighted by Crippen LogP contribution is 2.40. The molecule has 0 aromatic carbocycles. The zero-order valence-corrected chi connectivity index (χ0v) is 16.1. The summed E-state index contributed by atoms with van der Waals surface area (Å²) in [7, 11) is 0. The number of carbonyl (C=O) groups is 2. The third kappa shape index (κ3) is 4.87. The minimum absolute atomic E-state index is 0.0688. The Morgan fingerprint density at radius 3 is 2.38 bits per heavy atom. The Hall–Kier alpha value is -1.26. The van der Waals surface area contributed by atoms with Gasteiger partial charge in [0, 0.05) is 30.1 Å². The van der Waals surface area contributed by atoms with Crippen LogP contribution in [0.4, 0.5) is 4.79 Å². The minimum Gasteiger partial charge on any atom is -0.342 e. The minimum atomic E-state index is -0.241. The molecule has 1 aliphatic carbocycles. The molecule has 0 aromatic rings. The second-order valence-corrected chi connectivity index (χ2v) is 9.06. The Morgan fingerprint density at radius 1 is 1.17 bits per heavy atom. The molecule has 0 bridgehead atoms. The Kier molecular flexibility index (Phi) is 5.82. The molecule has 0 unspecified atom stereocenters. The van der Waals surface area contributed by atoms with Gasteiger partial charge in [0.25, 0.3) is 0 Å². The fourth-order valence-corrected chi connectivity index (χ4v) is 4.05. The Labute approximate surface area is 146 Å². The van der Waals surface area contributed by atoms with Crippen LogP contribution >= 0.6 is 0 Å². The highest BCUT2D eigenvalue weighted by molar-refractivity contribution is 5.82. The van der Waals surface area contributed by atoms with E-state index in [1.165, 1.54) is 12.8 Å². The summed E-state index contributed by atoms with van der Waals surface area (Å²) in [5.41, 5.74) is -0.391. The molecule has 2 aliphatic rings. The third-order valence-corrected chi connectivity index (χ3v) is 5.52. The second-order valence-electron chi connectivity index (χ2n) is 9.06. The number of hydrogen-bond acceptors (Lipinski definition) is 2. The van der Waals surface area contributed by atoms with Crippen molar-refractivity contribution in [1.29, 1.82) is 0 Å². The summed E-state index contributed by atoms with van der Waals surface area (Å²) in [5, 5.41) is 6.00. The molecule has 2 N–H and O–H groups in total. The molecule has 5 nitrogen and oxygen atoms in total. The monoisotopic (exact) mass is 337 g/mol. The van der Waals surface area contributed by atoms with Crippen molar-refractivity contribution in [3.05, 3.63) is 0 Å². The van der Waals surface area contributed by atoms with Gasteiger partial charge in [-0.25, -0.2) is 4.79 Å². The molecule has 24 heavy (non-hydrogen) atoms. The standard InChI is InChI=1S/C19H35N3O2/c1-14(20-17(24)21-18(2,3)4)15-9-8-12-22(13-15)16(23)19(5)10-6-7-11-19/h14-15H,6-13H2,1-5H3,(H2,20,21,24)/t14-,15-/m1/s1. The molecule has 5 heteroatoms. The lowest BCUT2D eigenvalue weighted by Crippen LogP contribution is -2.54. The summed E-state index contributed by atoms with van der Waals surface area (Å²) in [5.74, 6) is 0.662. The predicted molar refractivity (Wildman–Crippen MR) is 96.8 cm³/mol. The van der Waals surface area contributed by atoms with E-state index in [0.717, 1.165) is 38.8 Å². The van der Waals surface area contributed by atoms with Gasteiger partial charge in [0.1, 0.15) is 0 Å². The van der Waals surface area contributed by atoms with Gasteiger partial charge >= 0.3 is 6.03 Å². The fourth-order valence-electron chi connectivity index (χ4n) is 4.05. The molecule has 138 valence electrons. The van der Waals surface area contributed by atoms with Crippen LogP contribution < -0.4 is 10.6 Å². The van der Waals surface area contributed by atoms with Gasteiger partial charge in [0.2, 0.25) is 5.91 Å². The number of carbonyl (C=O) groups excluding carboxylic acids is 2. The molecule has 3 amide bonds. The van der Waals surface area contributed by atoms with Crippen molar-refractivity contribution in [2.75, 3.05) is 13.1 Å². The number of urea groups is 1. The summed E-state index contributed by atoms with van der Waals surface area (Å²) < 4.78 is 0. The molecule has 1 saturated heterocycles. The molecule has 0 aromatic heterocycles. The maximum absolute atomic E-state index is 12.9. The number of hydrogen-bond donors (Lipinski definition) is 2. The number of nitrogens with one attached hydrogen (secondary N) is 2. The smallest absolute Gasteiger partial charge is 0.315 e. The van der Waals surface area contributed by atoms with Crippen LogP contribution in [0.5, 0.6) is 0 Å². The number of nitrogens with zero attached hydrogens (tertiary/aromatic N) is 1. The van der Waals surface area contributed by atoms with Crippen LogP contribution in [0.15, 0.2) is 0 Å². The number of amides is 3. The first-order valence-corrected chi connectivity index (χ1v) is 9.49. The van der Waals surface area contributed by atoms with Crippen molar-refractivity contribution in [1.82, 2.24) is 15.5 Å². The molecular formula is C19H35N3O2. The first-order valence-electron chi connectivity index (χ1n) is 9.49. The van der Waals surface area contributed by atoms with Gasteiger partial charge < -0.3 is 15.5 Å². The average Bonchev–Trinajstić information content (AvgIpc) is 2.92. The highest BCUT2D eigenvalue weighted by Gasteiger charge is 2.40. The SMILES string of the molecule is C[C@@H](NC(=O)NC(C)(C)C)[C@@H]1CCCN(C(=O)C2(C)CCCC2)C1. The van der Waals surface area contributed by atoms with Gasteiger partial charge in [0.15, 0.2) is 0 Å². The van der Waals surface area contributed by atoms with E-state index >= 15 is 0 Å². The van der Waals surface area contributed by atoms with Crippen molar-refractivity contribution >= 4 is 11.9 Å². The fraction of sp³-hybridized carbons (Fsp3) is 0.895. The topological polar surface area (TPSA) is 61.4 Å². The van der Waals surface area contributed by atoms with Gasteiger partial charge in [-0.3, -0.25) is 4.79 Å². The van der Waals surface area contributed by atoms with E-state index in [-0.39, 0.29) is 23.0 Å². The summed E-state index contributed by atoms with van der Waals surface area (Å²) in [6.45, 7) is 11.7. The number of rotatable bonds is 3. The van der Waals surface area contributed by atoms with Crippen molar-refractivity contribution in [3.8, 4) is 0 Å². The molecule has 0 radical (unpaired) electrons. The molecule has 2 rings (SSSR count). The van der Waals surface area contributed by atoms with E-state index in [1.807, 2.05) is 20.8 Å². The van der Waals surface area contributed by atoms with E-state index in [0.29, 0.717) is 11.8 Å². The van der Waals surface area contributed by atoms with E-state index in [1.54, 1.807) is 0 Å². The molecular weight excluding hydrogens is 302 g/mol. The lowest BCUT2D eigenvalue weighted by Gasteiger charge is -2.39. The van der Waals surface area contributed by atoms with Gasteiger partial charge in [0.05, 0.1) is 0 Å². The van der Waals surface area contributed by atoms with Gasteiger partial charge in [-0.05, 0) is 59.3 Å². The molecule has 0 spiro atoms. The number of likely N-dealkylation sites (tertiary alicyclic amines) is 1. The Morgan fingerprint density at radius 2 is 1.79 bits per heavy atom. The quantitative estimate of drug-likeness (QED) is 0.830. The third-order valence-electron chi connectivity index (χ3n) is 5.52. The number of piperidine rings is 1. The van der Waals surface area contributed by atoms with Gasteiger partial charge in [-0.2, -0.15) is 0 Å². The first-order chi connectivity index (χ1) is 11.1. The lowest BCUT2D eigenvalue weighted by molar-refractivity contribution is -0.143. The van der Waals surface area contributed by atoms with Crippen molar-refractivity contribution in [2.24, 2.45) is 11.3 Å². The van der Waals surface area contributed by atoms with Gasteiger partial charge in [-0.1, -0.05) is 19.8 Å². The Bertz CT molecular complexity index is 464. The predicted octanol–water partition coefficient (Wildman–Crippen LogP) is 3.29. The van der Waals surface area contributed by atoms with E-state index in [9.17, 15) is 9.59 Å². The first kappa shape index (κ1) is 19.1. The van der Waals surface area contributed by atoms with Crippen molar-refractivity contribution < 1.29 is 9.59 Å². The van der Waals surface area contributed by atoms with E-state index in [4.69, 9.17) is 0 Å². The lowest BCUT2D eigenvalue weighted by atomic mass is 9.84. The maximum Gasteiger partial charge on any atom is 0.315 e. The van der Waals surface area contributed by atoms with Crippen LogP contribution in [0.3, 0.4) is 0 Å². The van der Waals surface area contributed by atoms with Crippen LogP contribution in [0.2, 0.25) is 0 Å². The normalized spacial score (nSPS) is 25.2. The van der Waals surface area contributed by atoms with Gasteiger partial charge in [-0.15, -0.1) is 0 Å². The molecule has 2 fully saturated rings. The van der Waals surface area contributed by atoms with Crippen LogP contribution in [0.1, 0.15) is 73.1 Å². The zero-order chi connectivity index (χ0) is 18.0. The highest BCUT2D eigenvalue weighted by atomic mass is 16.2. The molecule has 1 heterocycles. The molecule has 1 aliphatic heterocycles. The van der Waals surface area contributed by atoms with E-state index in [2.05, 4.69) is 29.4 Å². The van der Waals surface area contributed by atoms with Crippen LogP contribution in [0, 0.1) is 11.3 Å². The Balaban J connectivity index is 1.90. The van der Waals surface area contributed by atoms with Crippen molar-refractivity contribution in [3.63, 3.8) is 0 Å². The van der Waals surface area contributed by atoms with Crippen molar-refractivity contribution in [2.45, 2.75) is 84.7 Å². The van der Waals surface area contributed by atoms with Crippen LogP contribution in [-0.2, 0) is 4.79 Å². The average molecular weight is 338 g/mol. The summed E-state index contributed by atoms with van der Waals surface area (Å²) in [6.07, 6.45) is 6.48. The maximum atomic E-state index is 12.9. The summed E-state index contributed by atoms with van der Waals surface area (Å²) in [4.78, 5) is 27.1. The summed E-state index contributed by atoms with van der Waals surface area (Å²) >= 11 is 0.